The maximum atomic E-state index is 13.0. The molecule has 1 aliphatic rings. The summed E-state index contributed by atoms with van der Waals surface area (Å²) in [4.78, 5) is 11.7. The Morgan fingerprint density at radius 1 is 1.56 bits per heavy atom. The first kappa shape index (κ1) is 11.1. The van der Waals surface area contributed by atoms with E-state index in [-0.39, 0.29) is 17.8 Å². The highest BCUT2D eigenvalue weighted by Gasteiger charge is 2.46. The molecule has 0 saturated heterocycles. The summed E-state index contributed by atoms with van der Waals surface area (Å²) < 4.78 is 13.0. The van der Waals surface area contributed by atoms with Crippen molar-refractivity contribution in [1.29, 1.82) is 0 Å². The van der Waals surface area contributed by atoms with Crippen molar-refractivity contribution in [2.75, 3.05) is 0 Å². The van der Waals surface area contributed by atoms with Crippen molar-refractivity contribution in [2.45, 2.75) is 31.3 Å². The number of nitrogens with two attached hydrogens (primary N) is 1. The number of hydrogen-bond acceptors (Lipinski definition) is 2. The maximum Gasteiger partial charge on any atom is 0.240 e. The Kier molecular flexibility index (Phi) is 2.68. The van der Waals surface area contributed by atoms with E-state index >= 15 is 0 Å². The van der Waals surface area contributed by atoms with Gasteiger partial charge in [-0.3, -0.25) is 4.79 Å². The van der Waals surface area contributed by atoms with Crippen LogP contribution in [0.1, 0.15) is 31.4 Å². The lowest BCUT2D eigenvalue weighted by Crippen LogP contribution is -2.43. The minimum absolute atomic E-state index is 0.149. The van der Waals surface area contributed by atoms with Crippen LogP contribution in [0.4, 0.5) is 4.39 Å². The molecule has 1 aromatic rings. The van der Waals surface area contributed by atoms with Crippen LogP contribution in [0.15, 0.2) is 24.3 Å². The molecule has 2 rings (SSSR count). The molecule has 0 unspecified atom stereocenters. The minimum Gasteiger partial charge on any atom is -0.348 e. The van der Waals surface area contributed by atoms with Gasteiger partial charge in [0.15, 0.2) is 0 Å². The molecule has 1 amide bonds. The van der Waals surface area contributed by atoms with Gasteiger partial charge in [0, 0.05) is 0 Å². The van der Waals surface area contributed by atoms with Crippen molar-refractivity contribution in [3.05, 3.63) is 35.6 Å². The van der Waals surface area contributed by atoms with E-state index in [0.29, 0.717) is 0 Å². The fourth-order valence-electron chi connectivity index (χ4n) is 1.56. The van der Waals surface area contributed by atoms with Crippen molar-refractivity contribution < 1.29 is 9.18 Å². The van der Waals surface area contributed by atoms with E-state index in [1.807, 2.05) is 6.92 Å². The first-order valence-electron chi connectivity index (χ1n) is 5.36. The van der Waals surface area contributed by atoms with Crippen LogP contribution >= 0.6 is 0 Å². The Morgan fingerprint density at radius 3 is 2.81 bits per heavy atom. The Labute approximate surface area is 93.8 Å². The summed E-state index contributed by atoms with van der Waals surface area (Å²) in [6.45, 7) is 1.82. The number of amides is 1. The molecule has 0 spiro atoms. The minimum atomic E-state index is -0.679. The molecule has 3 nitrogen and oxygen atoms in total. The van der Waals surface area contributed by atoms with Gasteiger partial charge >= 0.3 is 0 Å². The zero-order valence-corrected chi connectivity index (χ0v) is 9.16. The molecule has 1 atom stereocenters. The number of carbonyl (C=O) groups excluding carboxylic acids is 1. The van der Waals surface area contributed by atoms with Gasteiger partial charge in [-0.15, -0.1) is 0 Å². The molecule has 86 valence electrons. The summed E-state index contributed by atoms with van der Waals surface area (Å²) in [5.41, 5.74) is 5.83. The van der Waals surface area contributed by atoms with Crippen LogP contribution in [0.3, 0.4) is 0 Å². The number of halogens is 1. The van der Waals surface area contributed by atoms with Crippen LogP contribution in [-0.4, -0.2) is 11.4 Å². The molecule has 1 aliphatic carbocycles. The summed E-state index contributed by atoms with van der Waals surface area (Å²) in [5.74, 6) is -0.447. The third-order valence-electron chi connectivity index (χ3n) is 2.94. The molecule has 1 aromatic carbocycles. The fraction of sp³-hybridized carbons (Fsp3) is 0.417. The second kappa shape index (κ2) is 3.87. The predicted molar refractivity (Wildman–Crippen MR) is 59.1 cm³/mol. The highest BCUT2D eigenvalue weighted by Crippen LogP contribution is 2.32. The Balaban J connectivity index is 2.03. The molecule has 0 heterocycles. The van der Waals surface area contributed by atoms with Crippen LogP contribution in [-0.2, 0) is 4.79 Å². The topological polar surface area (TPSA) is 55.1 Å². The van der Waals surface area contributed by atoms with Gasteiger partial charge in [0.1, 0.15) is 5.82 Å². The molecule has 16 heavy (non-hydrogen) atoms. The fourth-order valence-corrected chi connectivity index (χ4v) is 1.56. The van der Waals surface area contributed by atoms with Gasteiger partial charge in [0.05, 0.1) is 11.6 Å². The van der Waals surface area contributed by atoms with Gasteiger partial charge in [0.25, 0.3) is 0 Å². The van der Waals surface area contributed by atoms with E-state index < -0.39 is 5.54 Å². The van der Waals surface area contributed by atoms with E-state index in [2.05, 4.69) is 5.32 Å². The van der Waals surface area contributed by atoms with Crippen LogP contribution in [0, 0.1) is 5.82 Å². The molecule has 1 fully saturated rings. The molecule has 0 aromatic heterocycles. The molecule has 4 heteroatoms. The van der Waals surface area contributed by atoms with E-state index in [0.717, 1.165) is 18.4 Å². The Morgan fingerprint density at radius 2 is 2.25 bits per heavy atom. The second-order valence-corrected chi connectivity index (χ2v) is 4.41. The third-order valence-corrected chi connectivity index (χ3v) is 2.94. The number of benzene rings is 1. The molecular weight excluding hydrogens is 207 g/mol. The first-order chi connectivity index (χ1) is 7.51. The first-order valence-corrected chi connectivity index (χ1v) is 5.36. The SMILES string of the molecule is C[C@@H](NC(=O)C1(N)CC1)c1cccc(F)c1. The van der Waals surface area contributed by atoms with Crippen LogP contribution in [0.5, 0.6) is 0 Å². The number of hydrogen-bond donors (Lipinski definition) is 2. The van der Waals surface area contributed by atoms with Gasteiger partial charge in [-0.2, -0.15) is 0 Å². The van der Waals surface area contributed by atoms with E-state index in [4.69, 9.17) is 5.73 Å². The Bertz CT molecular complexity index is 415. The van der Waals surface area contributed by atoms with Gasteiger partial charge in [-0.25, -0.2) is 4.39 Å². The normalized spacial score (nSPS) is 18.9. The van der Waals surface area contributed by atoms with Crippen LogP contribution in [0.2, 0.25) is 0 Å². The van der Waals surface area contributed by atoms with Crippen molar-refractivity contribution in [1.82, 2.24) is 5.32 Å². The smallest absolute Gasteiger partial charge is 0.240 e. The quantitative estimate of drug-likeness (QED) is 0.814. The summed E-state index contributed by atoms with van der Waals surface area (Å²) in [6, 6.07) is 5.99. The molecule has 1 saturated carbocycles. The van der Waals surface area contributed by atoms with Gasteiger partial charge in [-0.1, -0.05) is 12.1 Å². The van der Waals surface area contributed by atoms with Crippen molar-refractivity contribution in [3.63, 3.8) is 0 Å². The van der Waals surface area contributed by atoms with E-state index in [1.165, 1.54) is 12.1 Å². The number of nitrogens with one attached hydrogen (secondary N) is 1. The van der Waals surface area contributed by atoms with Crippen molar-refractivity contribution in [2.24, 2.45) is 5.73 Å². The average Bonchev–Trinajstić information content (AvgIpc) is 2.98. The van der Waals surface area contributed by atoms with Crippen LogP contribution < -0.4 is 11.1 Å². The summed E-state index contributed by atoms with van der Waals surface area (Å²) in [7, 11) is 0. The predicted octanol–water partition coefficient (Wildman–Crippen LogP) is 1.49. The molecular formula is C12H15FN2O. The summed E-state index contributed by atoms with van der Waals surface area (Å²) >= 11 is 0. The van der Waals surface area contributed by atoms with Crippen molar-refractivity contribution >= 4 is 5.91 Å². The molecule has 3 N–H and O–H groups in total. The lowest BCUT2D eigenvalue weighted by Gasteiger charge is -2.17. The molecule has 0 aliphatic heterocycles. The number of rotatable bonds is 3. The number of carbonyl (C=O) groups is 1. The second-order valence-electron chi connectivity index (χ2n) is 4.41. The summed E-state index contributed by atoms with van der Waals surface area (Å²) in [5, 5.41) is 2.80. The maximum absolute atomic E-state index is 13.0. The highest BCUT2D eigenvalue weighted by atomic mass is 19.1. The van der Waals surface area contributed by atoms with Gasteiger partial charge in [-0.05, 0) is 37.5 Å². The van der Waals surface area contributed by atoms with E-state index in [1.54, 1.807) is 12.1 Å². The third kappa shape index (κ3) is 2.22. The Hall–Kier alpha value is -1.42. The lowest BCUT2D eigenvalue weighted by molar-refractivity contribution is -0.123. The average molecular weight is 222 g/mol. The van der Waals surface area contributed by atoms with Crippen LogP contribution in [0.25, 0.3) is 0 Å². The van der Waals surface area contributed by atoms with Crippen molar-refractivity contribution in [3.8, 4) is 0 Å². The van der Waals surface area contributed by atoms with E-state index in [9.17, 15) is 9.18 Å². The lowest BCUT2D eigenvalue weighted by atomic mass is 10.1. The monoisotopic (exact) mass is 222 g/mol. The highest BCUT2D eigenvalue weighted by molar-refractivity contribution is 5.89. The largest absolute Gasteiger partial charge is 0.348 e. The molecule has 0 bridgehead atoms. The zero-order valence-electron chi connectivity index (χ0n) is 9.16. The van der Waals surface area contributed by atoms with Gasteiger partial charge in [0.2, 0.25) is 5.91 Å². The standard InChI is InChI=1S/C12H15FN2O/c1-8(9-3-2-4-10(13)7-9)15-11(16)12(14)5-6-12/h2-4,7-8H,5-6,14H2,1H3,(H,15,16)/t8-/m1/s1. The summed E-state index contributed by atoms with van der Waals surface area (Å²) in [6.07, 6.45) is 1.46. The van der Waals surface area contributed by atoms with Gasteiger partial charge < -0.3 is 11.1 Å². The molecule has 0 radical (unpaired) electrons. The zero-order chi connectivity index (χ0) is 11.8.